The van der Waals surface area contributed by atoms with Gasteiger partial charge in [0.15, 0.2) is 0 Å². The van der Waals surface area contributed by atoms with E-state index in [-0.39, 0.29) is 5.57 Å². The highest BCUT2D eigenvalue weighted by Gasteiger charge is 2.09. The molecule has 1 amide bonds. The molecule has 3 aromatic rings. The van der Waals surface area contributed by atoms with Crippen molar-refractivity contribution in [2.45, 2.75) is 0 Å². The van der Waals surface area contributed by atoms with Gasteiger partial charge in [0, 0.05) is 22.0 Å². The van der Waals surface area contributed by atoms with E-state index in [0.29, 0.717) is 11.4 Å². The molecule has 0 unspecified atom stereocenters. The molecule has 0 aromatic heterocycles. The van der Waals surface area contributed by atoms with Crippen LogP contribution in [0.5, 0.6) is 11.5 Å². The van der Waals surface area contributed by atoms with Crippen LogP contribution in [0.15, 0.2) is 95.1 Å². The molecule has 0 aliphatic rings. The average Bonchev–Trinajstić information content (AvgIpc) is 2.71. The fourth-order valence-corrected chi connectivity index (χ4v) is 2.71. The van der Waals surface area contributed by atoms with E-state index in [4.69, 9.17) is 4.74 Å². The van der Waals surface area contributed by atoms with Gasteiger partial charge < -0.3 is 15.4 Å². The number of para-hydroxylation sites is 1. The molecule has 0 saturated heterocycles. The summed E-state index contributed by atoms with van der Waals surface area (Å²) in [5.41, 5.74) is 1.29. The maximum absolute atomic E-state index is 12.3. The monoisotopic (exact) mass is 433 g/mol. The first-order valence-electron chi connectivity index (χ1n) is 8.41. The topological polar surface area (TPSA) is 74.2 Å². The number of rotatable bonds is 6. The molecule has 0 aliphatic heterocycles. The van der Waals surface area contributed by atoms with E-state index < -0.39 is 5.91 Å². The van der Waals surface area contributed by atoms with Crippen molar-refractivity contribution in [3.05, 3.63) is 95.1 Å². The minimum absolute atomic E-state index is 0.0374. The van der Waals surface area contributed by atoms with E-state index in [1.807, 2.05) is 60.7 Å². The average molecular weight is 434 g/mol. The predicted octanol–water partition coefficient (Wildman–Crippen LogP) is 5.70. The van der Waals surface area contributed by atoms with Crippen molar-refractivity contribution in [1.82, 2.24) is 0 Å². The summed E-state index contributed by atoms with van der Waals surface area (Å²) in [7, 11) is 0. The van der Waals surface area contributed by atoms with Crippen molar-refractivity contribution >= 4 is 33.2 Å². The Bertz CT molecular complexity index is 1030. The van der Waals surface area contributed by atoms with Gasteiger partial charge in [-0.1, -0.05) is 40.2 Å². The Morgan fingerprint density at radius 2 is 1.64 bits per heavy atom. The molecule has 0 fully saturated rings. The molecular weight excluding hydrogens is 418 g/mol. The maximum atomic E-state index is 12.3. The van der Waals surface area contributed by atoms with Crippen LogP contribution >= 0.6 is 15.9 Å². The zero-order chi connectivity index (χ0) is 19.8. The molecular formula is C22H16BrN3O2. The summed E-state index contributed by atoms with van der Waals surface area (Å²) in [4.78, 5) is 12.3. The van der Waals surface area contributed by atoms with E-state index in [0.717, 1.165) is 15.9 Å². The Morgan fingerprint density at radius 3 is 2.32 bits per heavy atom. The zero-order valence-electron chi connectivity index (χ0n) is 14.7. The van der Waals surface area contributed by atoms with Crippen LogP contribution in [-0.4, -0.2) is 5.91 Å². The molecule has 0 aliphatic carbocycles. The lowest BCUT2D eigenvalue weighted by molar-refractivity contribution is -0.112. The minimum atomic E-state index is -0.498. The van der Waals surface area contributed by atoms with Gasteiger partial charge >= 0.3 is 0 Å². The summed E-state index contributed by atoms with van der Waals surface area (Å²) in [5, 5.41) is 14.9. The molecule has 2 N–H and O–H groups in total. The summed E-state index contributed by atoms with van der Waals surface area (Å²) < 4.78 is 6.61. The molecule has 6 heteroatoms. The molecule has 0 heterocycles. The number of benzene rings is 3. The Hall–Kier alpha value is -3.56. The van der Waals surface area contributed by atoms with E-state index >= 15 is 0 Å². The van der Waals surface area contributed by atoms with Crippen molar-refractivity contribution in [3.63, 3.8) is 0 Å². The van der Waals surface area contributed by atoms with Gasteiger partial charge in [-0.3, -0.25) is 4.79 Å². The van der Waals surface area contributed by atoms with Gasteiger partial charge in [0.1, 0.15) is 23.1 Å². The standard InChI is InChI=1S/C22H16BrN3O2/c23-17-5-4-6-19(13-17)25-15-16(14-24)22(27)26-18-9-11-21(12-10-18)28-20-7-2-1-3-8-20/h1-13,15,25H,(H,26,27)/b16-15-. The number of carbonyl (C=O) groups excluding carboxylic acids is 1. The molecule has 0 spiro atoms. The molecule has 0 saturated carbocycles. The molecule has 0 bridgehead atoms. The van der Waals surface area contributed by atoms with Crippen LogP contribution in [0.2, 0.25) is 0 Å². The minimum Gasteiger partial charge on any atom is -0.457 e. The molecule has 28 heavy (non-hydrogen) atoms. The van der Waals surface area contributed by atoms with Gasteiger partial charge in [-0.05, 0) is 54.6 Å². The van der Waals surface area contributed by atoms with Crippen molar-refractivity contribution in [2.24, 2.45) is 0 Å². The molecule has 0 radical (unpaired) electrons. The van der Waals surface area contributed by atoms with Gasteiger partial charge in [0.05, 0.1) is 0 Å². The van der Waals surface area contributed by atoms with Crippen LogP contribution in [0.4, 0.5) is 11.4 Å². The van der Waals surface area contributed by atoms with Crippen LogP contribution in [0, 0.1) is 11.3 Å². The lowest BCUT2D eigenvalue weighted by Gasteiger charge is -2.08. The number of hydrogen-bond acceptors (Lipinski definition) is 4. The number of nitrogens with one attached hydrogen (secondary N) is 2. The van der Waals surface area contributed by atoms with Gasteiger partial charge in [-0.15, -0.1) is 0 Å². The second-order valence-corrected chi connectivity index (χ2v) is 6.63. The number of amides is 1. The van der Waals surface area contributed by atoms with Crippen LogP contribution in [0.25, 0.3) is 0 Å². The molecule has 3 rings (SSSR count). The number of halogens is 1. The highest BCUT2D eigenvalue weighted by molar-refractivity contribution is 9.10. The molecule has 138 valence electrons. The first-order chi connectivity index (χ1) is 13.6. The number of hydrogen-bond donors (Lipinski definition) is 2. The van der Waals surface area contributed by atoms with Gasteiger partial charge in [0.25, 0.3) is 5.91 Å². The summed E-state index contributed by atoms with van der Waals surface area (Å²) in [6.07, 6.45) is 1.38. The third kappa shape index (κ3) is 5.47. The van der Waals surface area contributed by atoms with Crippen molar-refractivity contribution in [2.75, 3.05) is 10.6 Å². The molecule has 5 nitrogen and oxygen atoms in total. The van der Waals surface area contributed by atoms with Crippen LogP contribution in [0.3, 0.4) is 0 Å². The second kappa shape index (κ2) is 9.40. The lowest BCUT2D eigenvalue weighted by atomic mass is 10.2. The Labute approximate surface area is 171 Å². The van der Waals surface area contributed by atoms with Crippen molar-refractivity contribution in [1.29, 1.82) is 5.26 Å². The maximum Gasteiger partial charge on any atom is 0.267 e. The summed E-state index contributed by atoms with van der Waals surface area (Å²) in [5.74, 6) is 0.880. The second-order valence-electron chi connectivity index (χ2n) is 5.72. The third-order valence-corrected chi connectivity index (χ3v) is 4.16. The Kier molecular flexibility index (Phi) is 6.45. The lowest BCUT2D eigenvalue weighted by Crippen LogP contribution is -2.14. The summed E-state index contributed by atoms with van der Waals surface area (Å²) >= 11 is 3.37. The molecule has 3 aromatic carbocycles. The number of nitriles is 1. The quantitative estimate of drug-likeness (QED) is 0.386. The zero-order valence-corrected chi connectivity index (χ0v) is 16.3. The first-order valence-corrected chi connectivity index (χ1v) is 9.20. The fraction of sp³-hybridized carbons (Fsp3) is 0. The number of nitrogens with zero attached hydrogens (tertiary/aromatic N) is 1. The van der Waals surface area contributed by atoms with E-state index in [9.17, 15) is 10.1 Å². The summed E-state index contributed by atoms with van der Waals surface area (Å²) in [6, 6.07) is 25.7. The Morgan fingerprint density at radius 1 is 0.929 bits per heavy atom. The predicted molar refractivity (Wildman–Crippen MR) is 113 cm³/mol. The number of ether oxygens (including phenoxy) is 1. The summed E-state index contributed by atoms with van der Waals surface area (Å²) in [6.45, 7) is 0. The largest absolute Gasteiger partial charge is 0.457 e. The van der Waals surface area contributed by atoms with Crippen molar-refractivity contribution < 1.29 is 9.53 Å². The highest BCUT2D eigenvalue weighted by atomic mass is 79.9. The highest BCUT2D eigenvalue weighted by Crippen LogP contribution is 2.23. The van der Waals surface area contributed by atoms with E-state index in [1.54, 1.807) is 24.3 Å². The van der Waals surface area contributed by atoms with Gasteiger partial charge in [-0.2, -0.15) is 5.26 Å². The fourth-order valence-electron chi connectivity index (χ4n) is 2.31. The van der Waals surface area contributed by atoms with E-state index in [1.165, 1.54) is 6.20 Å². The SMILES string of the molecule is N#C/C(=C/Nc1cccc(Br)c1)C(=O)Nc1ccc(Oc2ccccc2)cc1. The third-order valence-electron chi connectivity index (χ3n) is 3.66. The van der Waals surface area contributed by atoms with Crippen LogP contribution < -0.4 is 15.4 Å². The van der Waals surface area contributed by atoms with Crippen molar-refractivity contribution in [3.8, 4) is 17.6 Å². The molecule has 0 atom stereocenters. The van der Waals surface area contributed by atoms with Gasteiger partial charge in [0.2, 0.25) is 0 Å². The van der Waals surface area contributed by atoms with E-state index in [2.05, 4.69) is 26.6 Å². The van der Waals surface area contributed by atoms with Gasteiger partial charge in [-0.25, -0.2) is 0 Å². The van der Waals surface area contributed by atoms with Crippen LogP contribution in [0.1, 0.15) is 0 Å². The Balaban J connectivity index is 1.62. The first kappa shape index (κ1) is 19.2. The normalized spacial score (nSPS) is 10.6. The smallest absolute Gasteiger partial charge is 0.267 e. The number of carbonyl (C=O) groups is 1. The van der Waals surface area contributed by atoms with Crippen LogP contribution in [-0.2, 0) is 4.79 Å². The number of anilines is 2.